The van der Waals surface area contributed by atoms with Gasteiger partial charge < -0.3 is 10.4 Å². The number of fused-ring (bicyclic) bond motifs is 1. The molecule has 0 saturated heterocycles. The number of nitrogens with zero attached hydrogens (tertiary/aromatic N) is 4. The fourth-order valence-electron chi connectivity index (χ4n) is 2.04. The maximum atomic E-state index is 13.6. The molecule has 3 rings (SSSR count). The van der Waals surface area contributed by atoms with E-state index in [9.17, 15) is 9.28 Å². The van der Waals surface area contributed by atoms with E-state index in [1.807, 2.05) is 0 Å². The number of hydrogen-bond donors (Lipinski definition) is 2. The Morgan fingerprint density at radius 1 is 1.38 bits per heavy atom. The van der Waals surface area contributed by atoms with Crippen LogP contribution < -0.4 is 5.32 Å². The van der Waals surface area contributed by atoms with Gasteiger partial charge >= 0.3 is 0 Å². The second kappa shape index (κ2) is 5.33. The lowest BCUT2D eigenvalue weighted by Crippen LogP contribution is -2.12. The summed E-state index contributed by atoms with van der Waals surface area (Å²) in [5.74, 6) is -0.522. The quantitative estimate of drug-likeness (QED) is 0.756. The first-order valence-electron chi connectivity index (χ1n) is 6.27. The molecular weight excluding hydrogens is 277 g/mol. The summed E-state index contributed by atoms with van der Waals surface area (Å²) in [5.41, 5.74) is 0.688. The third kappa shape index (κ3) is 2.48. The third-order valence-electron chi connectivity index (χ3n) is 2.98. The Morgan fingerprint density at radius 2 is 2.19 bits per heavy atom. The van der Waals surface area contributed by atoms with E-state index in [1.54, 1.807) is 30.5 Å². The summed E-state index contributed by atoms with van der Waals surface area (Å²) in [5, 5.41) is 19.4. The smallest absolute Gasteiger partial charge is 0.276 e. The number of carbonyl (C=O) groups excluding carboxylic acids is 1. The second-order valence-corrected chi connectivity index (χ2v) is 4.40. The van der Waals surface area contributed by atoms with Gasteiger partial charge in [0.15, 0.2) is 5.69 Å². The van der Waals surface area contributed by atoms with Gasteiger partial charge in [-0.05, 0) is 6.07 Å². The van der Waals surface area contributed by atoms with Gasteiger partial charge in [-0.1, -0.05) is 27.6 Å². The molecular formula is C13H12FN5O2. The van der Waals surface area contributed by atoms with Crippen molar-refractivity contribution in [2.45, 2.75) is 6.54 Å². The number of hydrogen-bond acceptors (Lipinski definition) is 4. The fraction of sp³-hybridized carbons (Fsp3) is 0.154. The normalized spacial score (nSPS) is 11.0. The Balaban J connectivity index is 1.86. The van der Waals surface area contributed by atoms with Crippen molar-refractivity contribution >= 4 is 22.5 Å². The lowest BCUT2D eigenvalue weighted by Gasteiger charge is -1.99. The maximum absolute atomic E-state index is 13.6. The largest absolute Gasteiger partial charge is 0.394 e. The van der Waals surface area contributed by atoms with Gasteiger partial charge in [0, 0.05) is 11.6 Å². The predicted octanol–water partition coefficient (Wildman–Crippen LogP) is 1.21. The Bertz CT molecular complexity index is 795. The zero-order valence-electron chi connectivity index (χ0n) is 10.9. The molecule has 0 unspecified atom stereocenters. The molecule has 7 nitrogen and oxygen atoms in total. The maximum Gasteiger partial charge on any atom is 0.276 e. The summed E-state index contributed by atoms with van der Waals surface area (Å²) < 4.78 is 15.1. The molecule has 0 spiro atoms. The van der Waals surface area contributed by atoms with Crippen LogP contribution in [0.1, 0.15) is 10.5 Å². The van der Waals surface area contributed by atoms with Crippen molar-refractivity contribution in [2.24, 2.45) is 0 Å². The Morgan fingerprint density at radius 3 is 3.00 bits per heavy atom. The summed E-state index contributed by atoms with van der Waals surface area (Å²) in [6.45, 7) is 0.282. The molecule has 3 aromatic rings. The average Bonchev–Trinajstić information content (AvgIpc) is 3.05. The van der Waals surface area contributed by atoms with Crippen molar-refractivity contribution in [3.8, 4) is 0 Å². The van der Waals surface area contributed by atoms with Crippen molar-refractivity contribution in [2.75, 3.05) is 11.9 Å². The lowest BCUT2D eigenvalue weighted by molar-refractivity contribution is 0.102. The molecule has 2 aromatic heterocycles. The Labute approximate surface area is 118 Å². The molecule has 0 atom stereocenters. The van der Waals surface area contributed by atoms with Crippen LogP contribution >= 0.6 is 0 Å². The first kappa shape index (κ1) is 13.3. The number of amides is 1. The zero-order valence-corrected chi connectivity index (χ0v) is 10.9. The second-order valence-electron chi connectivity index (χ2n) is 4.40. The number of nitrogens with one attached hydrogen (secondary N) is 1. The molecule has 1 amide bonds. The number of halogens is 1. The van der Waals surface area contributed by atoms with E-state index in [4.69, 9.17) is 5.11 Å². The van der Waals surface area contributed by atoms with Gasteiger partial charge in [0.1, 0.15) is 5.52 Å². The molecule has 0 radical (unpaired) electrons. The van der Waals surface area contributed by atoms with Crippen LogP contribution in [0.2, 0.25) is 0 Å². The van der Waals surface area contributed by atoms with Gasteiger partial charge in [0.2, 0.25) is 0 Å². The topological polar surface area (TPSA) is 85.0 Å². The molecule has 0 aliphatic heterocycles. The van der Waals surface area contributed by atoms with Crippen LogP contribution in [0, 0.1) is 0 Å². The van der Waals surface area contributed by atoms with Crippen LogP contribution in [0.3, 0.4) is 0 Å². The zero-order chi connectivity index (χ0) is 14.8. The van der Waals surface area contributed by atoms with Crippen LogP contribution in [0.5, 0.6) is 0 Å². The summed E-state index contributed by atoms with van der Waals surface area (Å²) in [6.07, 6.45) is 3.02. The predicted molar refractivity (Wildman–Crippen MR) is 73.5 cm³/mol. The van der Waals surface area contributed by atoms with E-state index in [0.717, 1.165) is 0 Å². The molecule has 0 aliphatic rings. The van der Waals surface area contributed by atoms with E-state index in [0.29, 0.717) is 17.6 Å². The van der Waals surface area contributed by atoms with Gasteiger partial charge in [-0.25, -0.2) is 0 Å². The molecule has 1 aromatic carbocycles. The summed E-state index contributed by atoms with van der Waals surface area (Å²) in [6, 6.07) is 6.54. The molecule has 108 valence electrons. The minimum Gasteiger partial charge on any atom is -0.394 e. The minimum absolute atomic E-state index is 0.00279. The van der Waals surface area contributed by atoms with E-state index < -0.39 is 5.91 Å². The van der Waals surface area contributed by atoms with Crippen molar-refractivity contribution in [1.29, 1.82) is 0 Å². The number of anilines is 1. The molecule has 8 heteroatoms. The van der Waals surface area contributed by atoms with Gasteiger partial charge in [-0.15, -0.1) is 5.10 Å². The number of carbonyl (C=O) groups is 1. The highest BCUT2D eigenvalue weighted by Crippen LogP contribution is 2.19. The highest BCUT2D eigenvalue weighted by Gasteiger charge is 2.17. The first-order valence-corrected chi connectivity index (χ1v) is 6.27. The van der Waals surface area contributed by atoms with Crippen molar-refractivity contribution in [3.63, 3.8) is 0 Å². The highest BCUT2D eigenvalue weighted by molar-refractivity contribution is 6.11. The number of aliphatic hydroxyl groups is 1. The molecule has 0 saturated carbocycles. The van der Waals surface area contributed by atoms with Crippen LogP contribution in [-0.2, 0) is 6.54 Å². The SMILES string of the molecule is O=C(Nc1cnn(CCO)c1)c1nn(F)c2ccccc12. The van der Waals surface area contributed by atoms with Crippen LogP contribution in [0.25, 0.3) is 10.9 Å². The standard InChI is InChI=1S/C13H12FN5O2/c14-19-11-4-2-1-3-10(11)12(17-19)13(21)16-9-7-15-18(8-9)5-6-20/h1-4,7-8,20H,5-6H2,(H,16,21). The number of aromatic nitrogens is 4. The van der Waals surface area contributed by atoms with E-state index in [1.165, 1.54) is 10.9 Å². The highest BCUT2D eigenvalue weighted by atomic mass is 19.2. The summed E-state index contributed by atoms with van der Waals surface area (Å²) in [4.78, 5) is 12.3. The van der Waals surface area contributed by atoms with Crippen molar-refractivity contribution in [1.82, 2.24) is 19.8 Å². The lowest BCUT2D eigenvalue weighted by atomic mass is 10.2. The average molecular weight is 289 g/mol. The van der Waals surface area contributed by atoms with Gasteiger partial charge in [-0.2, -0.15) is 5.10 Å². The number of benzene rings is 1. The number of aliphatic hydroxyl groups excluding tert-OH is 1. The minimum atomic E-state index is -0.522. The molecule has 21 heavy (non-hydrogen) atoms. The molecule has 0 aliphatic carbocycles. The molecule has 2 N–H and O–H groups in total. The first-order chi connectivity index (χ1) is 10.2. The molecule has 0 fully saturated rings. The van der Waals surface area contributed by atoms with Gasteiger partial charge in [-0.3, -0.25) is 9.48 Å². The monoisotopic (exact) mass is 289 g/mol. The van der Waals surface area contributed by atoms with Crippen molar-refractivity contribution < 1.29 is 14.4 Å². The van der Waals surface area contributed by atoms with Crippen LogP contribution in [0.15, 0.2) is 36.7 Å². The Kier molecular flexibility index (Phi) is 3.36. The molecule has 0 bridgehead atoms. The third-order valence-corrected chi connectivity index (χ3v) is 2.98. The molecule has 2 heterocycles. The van der Waals surface area contributed by atoms with Crippen molar-refractivity contribution in [3.05, 3.63) is 42.4 Å². The van der Waals surface area contributed by atoms with Crippen LogP contribution in [-0.4, -0.2) is 37.4 Å². The van der Waals surface area contributed by atoms with E-state index >= 15 is 0 Å². The fourth-order valence-corrected chi connectivity index (χ4v) is 2.04. The number of para-hydroxylation sites is 1. The Hall–Kier alpha value is -2.74. The summed E-state index contributed by atoms with van der Waals surface area (Å²) >= 11 is 0. The summed E-state index contributed by atoms with van der Waals surface area (Å²) in [7, 11) is 0. The van der Waals surface area contributed by atoms with E-state index in [2.05, 4.69) is 15.5 Å². The van der Waals surface area contributed by atoms with Gasteiger partial charge in [0.25, 0.3) is 5.91 Å². The van der Waals surface area contributed by atoms with Gasteiger partial charge in [0.05, 0.1) is 25.0 Å². The van der Waals surface area contributed by atoms with Crippen LogP contribution in [0.4, 0.5) is 10.2 Å². The number of rotatable bonds is 4. The van der Waals surface area contributed by atoms with E-state index in [-0.39, 0.29) is 22.7 Å².